The van der Waals surface area contributed by atoms with E-state index >= 15 is 0 Å². The van der Waals surface area contributed by atoms with Crippen molar-refractivity contribution in [3.63, 3.8) is 0 Å². The fourth-order valence-electron chi connectivity index (χ4n) is 4.30. The molecule has 2 aliphatic rings. The van der Waals surface area contributed by atoms with Gasteiger partial charge in [0.2, 0.25) is 0 Å². The Hall–Kier alpha value is -2.30. The standard InChI is InChI=1S/C18H22N4O/c1-21-13-16(11-19-21)20-17(23)22-12-15-9-5-6-10-18(15,22)14-7-3-2-4-8-14/h2-4,7-8,11,13,15H,5-6,9-10,12H2,1H3,(H,20,23)/t15-,18+/m0/s1. The number of carbonyl (C=O) groups is 1. The summed E-state index contributed by atoms with van der Waals surface area (Å²) in [7, 11) is 1.85. The number of nitrogens with one attached hydrogen (secondary N) is 1. The summed E-state index contributed by atoms with van der Waals surface area (Å²) in [6, 6.07) is 10.5. The summed E-state index contributed by atoms with van der Waals surface area (Å²) in [5.41, 5.74) is 1.91. The molecule has 2 heterocycles. The minimum atomic E-state index is -0.119. The van der Waals surface area contributed by atoms with Gasteiger partial charge in [0, 0.05) is 25.7 Å². The second-order valence-electron chi connectivity index (χ2n) is 6.68. The van der Waals surface area contributed by atoms with Gasteiger partial charge >= 0.3 is 6.03 Å². The Bertz CT molecular complexity index is 711. The van der Waals surface area contributed by atoms with Gasteiger partial charge in [0.05, 0.1) is 17.4 Å². The number of hydrogen-bond donors (Lipinski definition) is 1. The van der Waals surface area contributed by atoms with E-state index in [1.54, 1.807) is 10.9 Å². The highest BCUT2D eigenvalue weighted by Crippen LogP contribution is 2.53. The van der Waals surface area contributed by atoms with Crippen molar-refractivity contribution >= 4 is 11.7 Å². The lowest BCUT2D eigenvalue weighted by molar-refractivity contribution is -0.0756. The van der Waals surface area contributed by atoms with Crippen LogP contribution in [-0.2, 0) is 12.6 Å². The van der Waals surface area contributed by atoms with Crippen LogP contribution in [0.1, 0.15) is 31.2 Å². The summed E-state index contributed by atoms with van der Waals surface area (Å²) < 4.78 is 1.70. The van der Waals surface area contributed by atoms with E-state index in [1.807, 2.05) is 24.2 Å². The molecule has 2 atom stereocenters. The normalized spacial score (nSPS) is 26.3. The predicted molar refractivity (Wildman–Crippen MR) is 89.0 cm³/mol. The molecule has 0 bridgehead atoms. The number of amides is 2. The number of benzene rings is 1. The number of carbonyl (C=O) groups excluding carboxylic acids is 1. The molecule has 1 saturated carbocycles. The van der Waals surface area contributed by atoms with Crippen molar-refractivity contribution in [1.29, 1.82) is 0 Å². The van der Waals surface area contributed by atoms with Crippen LogP contribution in [0.4, 0.5) is 10.5 Å². The topological polar surface area (TPSA) is 50.2 Å². The van der Waals surface area contributed by atoms with Crippen molar-refractivity contribution in [2.24, 2.45) is 13.0 Å². The molecule has 2 amide bonds. The average Bonchev–Trinajstić information content (AvgIpc) is 2.94. The smallest absolute Gasteiger partial charge is 0.314 e. The van der Waals surface area contributed by atoms with Crippen LogP contribution in [0.2, 0.25) is 0 Å². The number of aryl methyl sites for hydroxylation is 1. The molecule has 1 aromatic carbocycles. The molecule has 2 aromatic rings. The zero-order valence-electron chi connectivity index (χ0n) is 13.4. The summed E-state index contributed by atoms with van der Waals surface area (Å²) >= 11 is 0. The number of hydrogen-bond acceptors (Lipinski definition) is 2. The first-order valence-corrected chi connectivity index (χ1v) is 8.33. The first-order valence-electron chi connectivity index (χ1n) is 8.33. The molecule has 1 saturated heterocycles. The van der Waals surface area contributed by atoms with Crippen LogP contribution in [0.15, 0.2) is 42.7 Å². The lowest BCUT2D eigenvalue weighted by Crippen LogP contribution is -2.68. The van der Waals surface area contributed by atoms with Gasteiger partial charge in [-0.15, -0.1) is 0 Å². The first kappa shape index (κ1) is 14.3. The van der Waals surface area contributed by atoms with E-state index in [2.05, 4.69) is 34.7 Å². The van der Waals surface area contributed by atoms with Crippen LogP contribution in [0.25, 0.3) is 0 Å². The summed E-state index contributed by atoms with van der Waals surface area (Å²) in [6.07, 6.45) is 8.24. The van der Waals surface area contributed by atoms with Gasteiger partial charge < -0.3 is 10.2 Å². The molecule has 5 heteroatoms. The van der Waals surface area contributed by atoms with Crippen molar-refractivity contribution in [1.82, 2.24) is 14.7 Å². The zero-order valence-corrected chi connectivity index (χ0v) is 13.4. The second-order valence-corrected chi connectivity index (χ2v) is 6.68. The fourth-order valence-corrected chi connectivity index (χ4v) is 4.30. The number of likely N-dealkylation sites (tertiary alicyclic amines) is 1. The van der Waals surface area contributed by atoms with Crippen molar-refractivity contribution in [2.45, 2.75) is 31.2 Å². The maximum absolute atomic E-state index is 12.8. The number of fused-ring (bicyclic) bond motifs is 1. The van der Waals surface area contributed by atoms with E-state index in [9.17, 15) is 4.79 Å². The minimum absolute atomic E-state index is 0.0139. The van der Waals surface area contributed by atoms with Gasteiger partial charge in [-0.1, -0.05) is 43.2 Å². The monoisotopic (exact) mass is 310 g/mol. The molecule has 0 spiro atoms. The summed E-state index contributed by atoms with van der Waals surface area (Å²) in [5, 5.41) is 7.11. The molecule has 23 heavy (non-hydrogen) atoms. The SMILES string of the molecule is Cn1cc(NC(=O)N2C[C@@H]3CCCC[C@@]32c2ccccc2)cn1. The van der Waals surface area contributed by atoms with Crippen LogP contribution >= 0.6 is 0 Å². The molecule has 0 radical (unpaired) electrons. The van der Waals surface area contributed by atoms with Crippen LogP contribution in [0.3, 0.4) is 0 Å². The molecular weight excluding hydrogens is 288 g/mol. The molecule has 1 aliphatic carbocycles. The van der Waals surface area contributed by atoms with E-state index in [1.165, 1.54) is 24.8 Å². The van der Waals surface area contributed by atoms with Gasteiger partial charge in [0.15, 0.2) is 0 Å². The Morgan fingerprint density at radius 1 is 1.30 bits per heavy atom. The summed E-state index contributed by atoms with van der Waals surface area (Å²) in [4.78, 5) is 14.8. The average molecular weight is 310 g/mol. The Morgan fingerprint density at radius 3 is 2.83 bits per heavy atom. The quantitative estimate of drug-likeness (QED) is 0.924. The molecule has 120 valence electrons. The third-order valence-electron chi connectivity index (χ3n) is 5.40. The summed E-state index contributed by atoms with van der Waals surface area (Å²) in [6.45, 7) is 0.848. The number of nitrogens with zero attached hydrogens (tertiary/aromatic N) is 3. The minimum Gasteiger partial charge on any atom is -0.314 e. The lowest BCUT2D eigenvalue weighted by Gasteiger charge is -2.61. The molecule has 5 nitrogen and oxygen atoms in total. The molecule has 1 aliphatic heterocycles. The van der Waals surface area contributed by atoms with E-state index in [0.717, 1.165) is 18.7 Å². The number of rotatable bonds is 2. The molecule has 0 unspecified atom stereocenters. The Balaban J connectivity index is 1.62. The maximum atomic E-state index is 12.8. The zero-order chi connectivity index (χ0) is 15.9. The van der Waals surface area contributed by atoms with Crippen LogP contribution in [0.5, 0.6) is 0 Å². The fraction of sp³-hybridized carbons (Fsp3) is 0.444. The van der Waals surface area contributed by atoms with Crippen LogP contribution in [-0.4, -0.2) is 27.3 Å². The van der Waals surface area contributed by atoms with E-state index in [-0.39, 0.29) is 11.6 Å². The van der Waals surface area contributed by atoms with E-state index in [0.29, 0.717) is 5.92 Å². The Kier molecular flexibility index (Phi) is 3.36. The first-order chi connectivity index (χ1) is 11.2. The highest BCUT2D eigenvalue weighted by atomic mass is 16.2. The summed E-state index contributed by atoms with van der Waals surface area (Å²) in [5.74, 6) is 0.582. The van der Waals surface area contributed by atoms with E-state index in [4.69, 9.17) is 0 Å². The van der Waals surface area contributed by atoms with Gasteiger partial charge in [-0.2, -0.15) is 5.10 Å². The predicted octanol–water partition coefficient (Wildman–Crippen LogP) is 3.35. The molecule has 4 rings (SSSR count). The third kappa shape index (κ3) is 2.22. The van der Waals surface area contributed by atoms with Crippen molar-refractivity contribution in [3.8, 4) is 0 Å². The van der Waals surface area contributed by atoms with Gasteiger partial charge in [0.1, 0.15) is 0 Å². The Labute approximate surface area is 136 Å². The van der Waals surface area contributed by atoms with Gasteiger partial charge in [-0.25, -0.2) is 4.79 Å². The number of anilines is 1. The van der Waals surface area contributed by atoms with Gasteiger partial charge in [-0.05, 0) is 18.4 Å². The van der Waals surface area contributed by atoms with Crippen molar-refractivity contribution in [2.75, 3.05) is 11.9 Å². The van der Waals surface area contributed by atoms with Gasteiger partial charge in [-0.3, -0.25) is 4.68 Å². The third-order valence-corrected chi connectivity index (χ3v) is 5.40. The van der Waals surface area contributed by atoms with Gasteiger partial charge in [0.25, 0.3) is 0 Å². The van der Waals surface area contributed by atoms with Crippen LogP contribution < -0.4 is 5.32 Å². The second kappa shape index (κ2) is 5.41. The number of aromatic nitrogens is 2. The highest BCUT2D eigenvalue weighted by Gasteiger charge is 2.57. The number of urea groups is 1. The van der Waals surface area contributed by atoms with Crippen LogP contribution in [0, 0.1) is 5.92 Å². The molecule has 1 aromatic heterocycles. The van der Waals surface area contributed by atoms with Crippen molar-refractivity contribution in [3.05, 3.63) is 48.3 Å². The largest absolute Gasteiger partial charge is 0.322 e. The van der Waals surface area contributed by atoms with E-state index < -0.39 is 0 Å². The van der Waals surface area contributed by atoms with Crippen molar-refractivity contribution < 1.29 is 4.79 Å². The molecule has 1 N–H and O–H groups in total. The Morgan fingerprint density at radius 2 is 2.13 bits per heavy atom. The molecular formula is C18H22N4O. The maximum Gasteiger partial charge on any atom is 0.322 e. The highest BCUT2D eigenvalue weighted by molar-refractivity contribution is 5.90. The molecule has 2 fully saturated rings. The lowest BCUT2D eigenvalue weighted by atomic mass is 9.62.